The summed E-state index contributed by atoms with van der Waals surface area (Å²) in [5, 5.41) is 0. The van der Waals surface area contributed by atoms with Crippen molar-refractivity contribution in [1.82, 2.24) is 0 Å². The van der Waals surface area contributed by atoms with Crippen molar-refractivity contribution in [2.24, 2.45) is 0 Å². The van der Waals surface area contributed by atoms with E-state index in [9.17, 15) is 0 Å². The highest BCUT2D eigenvalue weighted by atomic mass is 16.5. The molecule has 0 spiro atoms. The first-order chi connectivity index (χ1) is 9.39. The summed E-state index contributed by atoms with van der Waals surface area (Å²) in [5.74, 6) is 0. The maximum atomic E-state index is 5.56. The zero-order valence-electron chi connectivity index (χ0n) is 14.0. The van der Waals surface area contributed by atoms with E-state index in [1.165, 1.54) is 43.2 Å². The van der Waals surface area contributed by atoms with Crippen molar-refractivity contribution in [3.63, 3.8) is 0 Å². The predicted octanol–water partition coefficient (Wildman–Crippen LogP) is 5.51. The summed E-state index contributed by atoms with van der Waals surface area (Å²) in [4.78, 5) is 0. The van der Waals surface area contributed by atoms with Crippen LogP contribution in [0, 0.1) is 0 Å². The Balaban J connectivity index is 2.22. The van der Waals surface area contributed by atoms with Gasteiger partial charge in [-0.15, -0.1) is 0 Å². The van der Waals surface area contributed by atoms with Crippen molar-refractivity contribution >= 4 is 0 Å². The van der Waals surface area contributed by atoms with Gasteiger partial charge in [-0.2, -0.15) is 0 Å². The van der Waals surface area contributed by atoms with E-state index in [2.05, 4.69) is 58.9 Å². The molecule has 0 saturated heterocycles. The minimum atomic E-state index is 0.254. The van der Waals surface area contributed by atoms with Crippen LogP contribution in [0.25, 0.3) is 0 Å². The summed E-state index contributed by atoms with van der Waals surface area (Å²) in [6.07, 6.45) is 6.65. The lowest BCUT2D eigenvalue weighted by Crippen LogP contribution is -2.11. The van der Waals surface area contributed by atoms with Crippen LogP contribution in [0.2, 0.25) is 0 Å². The average molecular weight is 276 g/mol. The number of benzene rings is 1. The molecule has 1 rings (SSSR count). The molecule has 1 heteroatoms. The van der Waals surface area contributed by atoms with E-state index >= 15 is 0 Å². The van der Waals surface area contributed by atoms with Crippen molar-refractivity contribution in [3.8, 4) is 0 Å². The summed E-state index contributed by atoms with van der Waals surface area (Å²) in [6, 6.07) is 9.08. The van der Waals surface area contributed by atoms with Crippen LogP contribution in [0.15, 0.2) is 24.3 Å². The van der Waals surface area contributed by atoms with Gasteiger partial charge in [-0.25, -0.2) is 0 Å². The maximum Gasteiger partial charge on any atom is 0.0518 e. The Morgan fingerprint density at radius 2 is 1.70 bits per heavy atom. The van der Waals surface area contributed by atoms with E-state index in [-0.39, 0.29) is 5.41 Å². The zero-order chi connectivity index (χ0) is 15.0. The Morgan fingerprint density at radius 3 is 2.35 bits per heavy atom. The quantitative estimate of drug-likeness (QED) is 0.569. The fourth-order valence-electron chi connectivity index (χ4n) is 2.30. The van der Waals surface area contributed by atoms with Gasteiger partial charge < -0.3 is 4.74 Å². The Bertz CT molecular complexity index is 374. The lowest BCUT2D eigenvalue weighted by atomic mass is 9.86. The van der Waals surface area contributed by atoms with Gasteiger partial charge in [0, 0.05) is 6.61 Å². The fraction of sp³-hybridized carbons (Fsp3) is 0.684. The molecule has 0 fully saturated rings. The summed E-state index contributed by atoms with van der Waals surface area (Å²) < 4.78 is 5.56. The average Bonchev–Trinajstić information content (AvgIpc) is 2.36. The number of unbranched alkanes of at least 4 members (excludes halogenated alkanes) is 3. The van der Waals surface area contributed by atoms with Crippen LogP contribution in [-0.2, 0) is 16.6 Å². The fourth-order valence-corrected chi connectivity index (χ4v) is 2.30. The smallest absolute Gasteiger partial charge is 0.0518 e. The SMILES string of the molecule is CC(C)OCCCCCCc1cccc(C(C)(C)C)c1. The normalized spacial score (nSPS) is 12.1. The molecule has 0 atom stereocenters. The monoisotopic (exact) mass is 276 g/mol. The van der Waals surface area contributed by atoms with E-state index in [0.717, 1.165) is 6.61 Å². The molecule has 20 heavy (non-hydrogen) atoms. The van der Waals surface area contributed by atoms with E-state index in [4.69, 9.17) is 4.74 Å². The van der Waals surface area contributed by atoms with Crippen LogP contribution >= 0.6 is 0 Å². The molecule has 1 nitrogen and oxygen atoms in total. The molecule has 1 aromatic rings. The number of rotatable bonds is 8. The van der Waals surface area contributed by atoms with Gasteiger partial charge in [0.15, 0.2) is 0 Å². The van der Waals surface area contributed by atoms with Gasteiger partial charge in [-0.3, -0.25) is 0 Å². The zero-order valence-corrected chi connectivity index (χ0v) is 14.0. The minimum Gasteiger partial charge on any atom is -0.379 e. The van der Waals surface area contributed by atoms with Crippen LogP contribution in [-0.4, -0.2) is 12.7 Å². The molecule has 0 unspecified atom stereocenters. The van der Waals surface area contributed by atoms with Gasteiger partial charge in [-0.05, 0) is 49.7 Å². The molecular formula is C19H32O. The van der Waals surface area contributed by atoms with Crippen LogP contribution in [0.3, 0.4) is 0 Å². The van der Waals surface area contributed by atoms with Gasteiger partial charge >= 0.3 is 0 Å². The van der Waals surface area contributed by atoms with Crippen LogP contribution < -0.4 is 0 Å². The number of hydrogen-bond donors (Lipinski definition) is 0. The standard InChI is InChI=1S/C19H32O/c1-16(2)20-14-9-7-6-8-11-17-12-10-13-18(15-17)19(3,4)5/h10,12-13,15-16H,6-9,11,14H2,1-5H3. The van der Waals surface area contributed by atoms with Gasteiger partial charge in [0.2, 0.25) is 0 Å². The number of ether oxygens (including phenoxy) is 1. The highest BCUT2D eigenvalue weighted by Gasteiger charge is 2.13. The molecule has 0 aliphatic carbocycles. The molecule has 0 N–H and O–H groups in total. The van der Waals surface area contributed by atoms with Gasteiger partial charge in [-0.1, -0.05) is 57.9 Å². The lowest BCUT2D eigenvalue weighted by molar-refractivity contribution is 0.0757. The third-order valence-corrected chi connectivity index (χ3v) is 3.60. The van der Waals surface area contributed by atoms with Crippen LogP contribution in [0.1, 0.15) is 71.4 Å². The number of hydrogen-bond acceptors (Lipinski definition) is 1. The van der Waals surface area contributed by atoms with Gasteiger partial charge in [0.25, 0.3) is 0 Å². The first kappa shape index (κ1) is 17.2. The summed E-state index contributed by atoms with van der Waals surface area (Å²) in [6.45, 7) is 11.9. The molecule has 0 bridgehead atoms. The van der Waals surface area contributed by atoms with E-state index in [1.54, 1.807) is 0 Å². The summed E-state index contributed by atoms with van der Waals surface area (Å²) >= 11 is 0. The second-order valence-corrected chi connectivity index (χ2v) is 7.03. The van der Waals surface area contributed by atoms with Gasteiger partial charge in [0.1, 0.15) is 0 Å². The van der Waals surface area contributed by atoms with Crippen LogP contribution in [0.5, 0.6) is 0 Å². The van der Waals surface area contributed by atoms with Crippen molar-refractivity contribution in [3.05, 3.63) is 35.4 Å². The molecular weight excluding hydrogens is 244 g/mol. The first-order valence-electron chi connectivity index (χ1n) is 8.10. The molecule has 0 aliphatic rings. The second kappa shape index (κ2) is 8.46. The Kier molecular flexibility index (Phi) is 7.29. The van der Waals surface area contributed by atoms with Crippen molar-refractivity contribution in [2.45, 2.75) is 78.2 Å². The highest BCUT2D eigenvalue weighted by molar-refractivity contribution is 5.28. The Morgan fingerprint density at radius 1 is 1.00 bits per heavy atom. The molecule has 1 aromatic carbocycles. The summed E-state index contributed by atoms with van der Waals surface area (Å²) in [7, 11) is 0. The second-order valence-electron chi connectivity index (χ2n) is 7.03. The molecule has 0 saturated carbocycles. The largest absolute Gasteiger partial charge is 0.379 e. The highest BCUT2D eigenvalue weighted by Crippen LogP contribution is 2.23. The third-order valence-electron chi connectivity index (χ3n) is 3.60. The lowest BCUT2D eigenvalue weighted by Gasteiger charge is -2.19. The molecule has 0 amide bonds. The van der Waals surface area contributed by atoms with E-state index < -0.39 is 0 Å². The Hall–Kier alpha value is -0.820. The Labute approximate surface area is 125 Å². The molecule has 0 aliphatic heterocycles. The minimum absolute atomic E-state index is 0.254. The van der Waals surface area contributed by atoms with Crippen molar-refractivity contribution in [2.75, 3.05) is 6.61 Å². The third kappa shape index (κ3) is 7.09. The van der Waals surface area contributed by atoms with E-state index in [0.29, 0.717) is 6.10 Å². The molecule has 0 radical (unpaired) electrons. The molecule has 0 heterocycles. The molecule has 0 aromatic heterocycles. The summed E-state index contributed by atoms with van der Waals surface area (Å²) in [5.41, 5.74) is 3.18. The maximum absolute atomic E-state index is 5.56. The first-order valence-corrected chi connectivity index (χ1v) is 8.10. The van der Waals surface area contributed by atoms with Crippen molar-refractivity contribution < 1.29 is 4.74 Å². The topological polar surface area (TPSA) is 9.23 Å². The van der Waals surface area contributed by atoms with Gasteiger partial charge in [0.05, 0.1) is 6.10 Å². The number of aryl methyl sites for hydroxylation is 1. The van der Waals surface area contributed by atoms with E-state index in [1.807, 2.05) is 0 Å². The van der Waals surface area contributed by atoms with Crippen molar-refractivity contribution in [1.29, 1.82) is 0 Å². The van der Waals surface area contributed by atoms with Crippen LogP contribution in [0.4, 0.5) is 0 Å². The predicted molar refractivity (Wildman–Crippen MR) is 88.4 cm³/mol. The molecule has 114 valence electrons.